The molecule has 0 amide bonds. The van der Waals surface area contributed by atoms with Gasteiger partial charge in [-0.2, -0.15) is 0 Å². The highest BCUT2D eigenvalue weighted by molar-refractivity contribution is 5.21. The van der Waals surface area contributed by atoms with Crippen LogP contribution in [0.3, 0.4) is 0 Å². The van der Waals surface area contributed by atoms with Gasteiger partial charge in [-0.3, -0.25) is 0 Å². The number of hydrogen-bond acceptors (Lipinski definition) is 2. The van der Waals surface area contributed by atoms with Crippen LogP contribution in [0.15, 0.2) is 48.5 Å². The van der Waals surface area contributed by atoms with Crippen LogP contribution in [-0.2, 0) is 22.7 Å². The first-order valence-electron chi connectivity index (χ1n) is 9.02. The molecule has 0 aliphatic carbocycles. The van der Waals surface area contributed by atoms with Crippen molar-refractivity contribution < 1.29 is 13.9 Å². The van der Waals surface area contributed by atoms with Crippen molar-refractivity contribution in [3.63, 3.8) is 0 Å². The predicted octanol–water partition coefficient (Wildman–Crippen LogP) is 6.45. The van der Waals surface area contributed by atoms with Gasteiger partial charge in [0, 0.05) is 0 Å². The zero-order valence-corrected chi connectivity index (χ0v) is 17.2. The number of ether oxygens (including phenoxy) is 2. The normalized spacial score (nSPS) is 11.7. The minimum Gasteiger partial charge on any atom is -0.371 e. The molecule has 0 aromatic heterocycles. The Morgan fingerprint density at radius 2 is 1.19 bits per heavy atom. The molecule has 0 saturated heterocycles. The third-order valence-electron chi connectivity index (χ3n) is 3.32. The molecule has 0 aliphatic heterocycles. The summed E-state index contributed by atoms with van der Waals surface area (Å²) in [5, 5.41) is 0. The second-order valence-electron chi connectivity index (χ2n) is 8.42. The Balaban J connectivity index is 0.000000260. The fraction of sp³-hybridized carbons (Fsp3) is 0.478. The fourth-order valence-electron chi connectivity index (χ4n) is 2.03. The lowest BCUT2D eigenvalue weighted by Crippen LogP contribution is -2.18. The molecule has 0 aliphatic rings. The standard InChI is InChI=1S/C12H18O.C11H15FO/c1-10-6-5-7-11(8-10)9-13-12(2,3)4;1-11(2,3)13-8-9-5-4-6-10(12)7-9/h5-8H,9H2,1-4H3;4-7H,8H2,1-3H3. The molecule has 0 atom stereocenters. The SMILES string of the molecule is CC(C)(C)OCc1cccc(F)c1.Cc1cccc(COC(C)(C)C)c1. The van der Waals surface area contributed by atoms with Crippen LogP contribution in [0, 0.1) is 12.7 Å². The highest BCUT2D eigenvalue weighted by atomic mass is 19.1. The van der Waals surface area contributed by atoms with Crippen LogP contribution in [0.2, 0.25) is 0 Å². The van der Waals surface area contributed by atoms with Gasteiger partial charge in [0.15, 0.2) is 0 Å². The van der Waals surface area contributed by atoms with E-state index >= 15 is 0 Å². The van der Waals surface area contributed by atoms with Crippen molar-refractivity contribution in [1.82, 2.24) is 0 Å². The Morgan fingerprint density at radius 3 is 1.62 bits per heavy atom. The van der Waals surface area contributed by atoms with Crippen LogP contribution < -0.4 is 0 Å². The first-order chi connectivity index (χ1) is 11.9. The first kappa shape index (κ1) is 22.3. The van der Waals surface area contributed by atoms with Gasteiger partial charge in [-0.15, -0.1) is 0 Å². The zero-order valence-electron chi connectivity index (χ0n) is 17.2. The van der Waals surface area contributed by atoms with Crippen molar-refractivity contribution in [2.45, 2.75) is 72.9 Å². The van der Waals surface area contributed by atoms with E-state index < -0.39 is 0 Å². The summed E-state index contributed by atoms with van der Waals surface area (Å²) in [5.41, 5.74) is 3.18. The fourth-order valence-corrected chi connectivity index (χ4v) is 2.03. The molecule has 3 heteroatoms. The van der Waals surface area contributed by atoms with E-state index in [1.54, 1.807) is 6.07 Å². The molecule has 0 saturated carbocycles. The van der Waals surface area contributed by atoms with Gasteiger partial charge in [0.1, 0.15) is 5.82 Å². The molecular weight excluding hydrogens is 327 g/mol. The van der Waals surface area contributed by atoms with Gasteiger partial charge in [-0.1, -0.05) is 42.0 Å². The monoisotopic (exact) mass is 360 g/mol. The maximum absolute atomic E-state index is 12.7. The van der Waals surface area contributed by atoms with Crippen molar-refractivity contribution in [2.24, 2.45) is 0 Å². The van der Waals surface area contributed by atoms with Crippen LogP contribution in [0.1, 0.15) is 58.2 Å². The lowest BCUT2D eigenvalue weighted by Gasteiger charge is -2.19. The Hall–Kier alpha value is -1.71. The maximum Gasteiger partial charge on any atom is 0.123 e. The van der Waals surface area contributed by atoms with E-state index in [-0.39, 0.29) is 17.0 Å². The molecule has 0 bridgehead atoms. The van der Waals surface area contributed by atoms with Crippen LogP contribution in [0.5, 0.6) is 0 Å². The minimum absolute atomic E-state index is 0.0518. The van der Waals surface area contributed by atoms with Crippen molar-refractivity contribution >= 4 is 0 Å². The predicted molar refractivity (Wildman–Crippen MR) is 107 cm³/mol. The number of hydrogen-bond donors (Lipinski definition) is 0. The largest absolute Gasteiger partial charge is 0.371 e. The third-order valence-corrected chi connectivity index (χ3v) is 3.32. The van der Waals surface area contributed by atoms with E-state index in [0.717, 1.165) is 5.56 Å². The average molecular weight is 361 g/mol. The number of aryl methyl sites for hydroxylation is 1. The highest BCUT2D eigenvalue weighted by Gasteiger charge is 2.10. The Morgan fingerprint density at radius 1 is 0.731 bits per heavy atom. The van der Waals surface area contributed by atoms with Gasteiger partial charge in [-0.25, -0.2) is 4.39 Å². The Kier molecular flexibility index (Phi) is 8.45. The average Bonchev–Trinajstić information content (AvgIpc) is 2.51. The summed E-state index contributed by atoms with van der Waals surface area (Å²) < 4.78 is 23.9. The Bertz CT molecular complexity index is 607. The van der Waals surface area contributed by atoms with Gasteiger partial charge < -0.3 is 9.47 Å². The molecule has 2 aromatic carbocycles. The molecule has 0 spiro atoms. The quantitative estimate of drug-likeness (QED) is 0.623. The van der Waals surface area contributed by atoms with Gasteiger partial charge in [-0.05, 0) is 71.7 Å². The number of halogens is 1. The second-order valence-corrected chi connectivity index (χ2v) is 8.42. The molecule has 0 fully saturated rings. The molecule has 2 nitrogen and oxygen atoms in total. The lowest BCUT2D eigenvalue weighted by molar-refractivity contribution is -0.0153. The molecule has 26 heavy (non-hydrogen) atoms. The van der Waals surface area contributed by atoms with Gasteiger partial charge >= 0.3 is 0 Å². The van der Waals surface area contributed by atoms with Crippen molar-refractivity contribution in [3.05, 3.63) is 71.0 Å². The molecule has 2 rings (SSSR count). The molecule has 0 heterocycles. The van der Waals surface area contributed by atoms with Gasteiger partial charge in [0.05, 0.1) is 24.4 Å². The first-order valence-corrected chi connectivity index (χ1v) is 9.02. The topological polar surface area (TPSA) is 18.5 Å². The molecule has 2 aromatic rings. The maximum atomic E-state index is 12.7. The van der Waals surface area contributed by atoms with Crippen LogP contribution >= 0.6 is 0 Å². The van der Waals surface area contributed by atoms with Crippen molar-refractivity contribution in [2.75, 3.05) is 0 Å². The van der Waals surface area contributed by atoms with E-state index in [2.05, 4.69) is 52.0 Å². The van der Waals surface area contributed by atoms with E-state index in [9.17, 15) is 4.39 Å². The van der Waals surface area contributed by atoms with E-state index in [1.165, 1.54) is 23.3 Å². The summed E-state index contributed by atoms with van der Waals surface area (Å²) >= 11 is 0. The van der Waals surface area contributed by atoms with Crippen molar-refractivity contribution in [3.8, 4) is 0 Å². The summed E-state index contributed by atoms with van der Waals surface area (Å²) in [6, 6.07) is 14.9. The number of rotatable bonds is 4. The summed E-state index contributed by atoms with van der Waals surface area (Å²) in [6.07, 6.45) is 0. The molecule has 0 unspecified atom stereocenters. The molecule has 144 valence electrons. The summed E-state index contributed by atoms with van der Waals surface area (Å²) in [4.78, 5) is 0. The Labute approximate surface area is 158 Å². The van der Waals surface area contributed by atoms with Crippen LogP contribution in [0.4, 0.5) is 4.39 Å². The second kappa shape index (κ2) is 9.84. The van der Waals surface area contributed by atoms with Crippen LogP contribution in [0.25, 0.3) is 0 Å². The van der Waals surface area contributed by atoms with Gasteiger partial charge in [0.2, 0.25) is 0 Å². The third kappa shape index (κ3) is 11.0. The van der Waals surface area contributed by atoms with E-state index in [0.29, 0.717) is 13.2 Å². The summed E-state index contributed by atoms with van der Waals surface area (Å²) in [6.45, 7) is 15.4. The summed E-state index contributed by atoms with van der Waals surface area (Å²) in [5.74, 6) is -0.213. The zero-order chi connectivity index (χ0) is 19.8. The van der Waals surface area contributed by atoms with Crippen LogP contribution in [-0.4, -0.2) is 11.2 Å². The summed E-state index contributed by atoms with van der Waals surface area (Å²) in [7, 11) is 0. The molecular formula is C23H33FO2. The van der Waals surface area contributed by atoms with E-state index in [4.69, 9.17) is 9.47 Å². The molecule has 0 radical (unpaired) electrons. The number of benzene rings is 2. The van der Waals surface area contributed by atoms with Gasteiger partial charge in [0.25, 0.3) is 0 Å². The minimum atomic E-state index is -0.213. The lowest BCUT2D eigenvalue weighted by atomic mass is 10.1. The van der Waals surface area contributed by atoms with E-state index in [1.807, 2.05) is 26.8 Å². The highest BCUT2D eigenvalue weighted by Crippen LogP contribution is 2.13. The molecule has 0 N–H and O–H groups in total. The smallest absolute Gasteiger partial charge is 0.123 e. The van der Waals surface area contributed by atoms with Crippen molar-refractivity contribution in [1.29, 1.82) is 0 Å².